The van der Waals surface area contributed by atoms with Gasteiger partial charge in [0.05, 0.1) is 25.9 Å². The number of aliphatic imine (C=N–C) groups is 1. The van der Waals surface area contributed by atoms with Crippen molar-refractivity contribution in [3.8, 4) is 17.6 Å². The van der Waals surface area contributed by atoms with Gasteiger partial charge >= 0.3 is 0 Å². The van der Waals surface area contributed by atoms with Crippen molar-refractivity contribution < 1.29 is 9.47 Å². The summed E-state index contributed by atoms with van der Waals surface area (Å²) in [5.41, 5.74) is 2.14. The molecule has 4 nitrogen and oxygen atoms in total. The minimum absolute atomic E-state index is 0.537. The van der Waals surface area contributed by atoms with Crippen LogP contribution in [0.1, 0.15) is 12.5 Å². The minimum atomic E-state index is 0.537. The maximum absolute atomic E-state index is 9.31. The van der Waals surface area contributed by atoms with Crippen LogP contribution in [-0.2, 0) is 0 Å². The summed E-state index contributed by atoms with van der Waals surface area (Å²) in [6.45, 7) is 5.21. The summed E-state index contributed by atoms with van der Waals surface area (Å²) < 4.78 is 10.6. The number of hydrogen-bond acceptors (Lipinski definition) is 4. The highest BCUT2D eigenvalue weighted by Crippen LogP contribution is 2.32. The second-order valence-electron chi connectivity index (χ2n) is 4.13. The van der Waals surface area contributed by atoms with Crippen LogP contribution in [0.3, 0.4) is 0 Å². The molecule has 0 N–H and O–H groups in total. The lowest BCUT2D eigenvalue weighted by atomic mass is 10.0. The van der Waals surface area contributed by atoms with E-state index >= 15 is 0 Å². The van der Waals surface area contributed by atoms with Crippen LogP contribution < -0.4 is 9.47 Å². The van der Waals surface area contributed by atoms with Crippen LogP contribution in [0.4, 0.5) is 0 Å². The number of nitriles is 1. The average molecular weight is 282 g/mol. The monoisotopic (exact) mass is 282 g/mol. The summed E-state index contributed by atoms with van der Waals surface area (Å²) in [7, 11) is 3.15. The smallest absolute Gasteiger partial charge is 0.167 e. The zero-order valence-corrected chi connectivity index (χ0v) is 12.5. The van der Waals surface area contributed by atoms with E-state index in [4.69, 9.17) is 9.47 Å². The number of methoxy groups -OCH3 is 2. The summed E-state index contributed by atoms with van der Waals surface area (Å²) in [5, 5.41) is 9.31. The molecule has 0 heterocycles. The molecule has 21 heavy (non-hydrogen) atoms. The van der Waals surface area contributed by atoms with Gasteiger partial charge in [-0.15, -0.1) is 0 Å². The van der Waals surface area contributed by atoms with Crippen LogP contribution in [0.2, 0.25) is 0 Å². The largest absolute Gasteiger partial charge is 0.493 e. The van der Waals surface area contributed by atoms with E-state index < -0.39 is 0 Å². The molecule has 0 aliphatic carbocycles. The predicted octanol–water partition coefficient (Wildman–Crippen LogP) is 3.77. The van der Waals surface area contributed by atoms with Gasteiger partial charge in [0.2, 0.25) is 0 Å². The quantitative estimate of drug-likeness (QED) is 0.453. The molecule has 0 aliphatic rings. The summed E-state index contributed by atoms with van der Waals surface area (Å²) >= 11 is 0. The van der Waals surface area contributed by atoms with Crippen LogP contribution in [0.5, 0.6) is 11.5 Å². The Hall–Kier alpha value is -2.80. The van der Waals surface area contributed by atoms with Crippen molar-refractivity contribution in [3.63, 3.8) is 0 Å². The molecule has 0 amide bonds. The molecule has 1 aromatic carbocycles. The van der Waals surface area contributed by atoms with Gasteiger partial charge in [-0.05, 0) is 37.4 Å². The second-order valence-corrected chi connectivity index (χ2v) is 4.13. The van der Waals surface area contributed by atoms with Gasteiger partial charge in [-0.25, -0.2) is 0 Å². The van der Waals surface area contributed by atoms with Crippen molar-refractivity contribution in [2.24, 2.45) is 4.99 Å². The van der Waals surface area contributed by atoms with Crippen molar-refractivity contribution in [2.45, 2.75) is 6.92 Å². The third-order valence-corrected chi connectivity index (χ3v) is 2.82. The first-order chi connectivity index (χ1) is 10.2. The molecular weight excluding hydrogens is 264 g/mol. The first-order valence-corrected chi connectivity index (χ1v) is 6.30. The Balaban J connectivity index is 3.26. The van der Waals surface area contributed by atoms with Gasteiger partial charge in [0.15, 0.2) is 11.5 Å². The number of ether oxygens (including phenoxy) is 2. The van der Waals surface area contributed by atoms with Crippen molar-refractivity contribution in [1.29, 1.82) is 5.26 Å². The van der Waals surface area contributed by atoms with Gasteiger partial charge in [0.25, 0.3) is 0 Å². The second kappa shape index (κ2) is 8.39. The van der Waals surface area contributed by atoms with E-state index in [0.717, 1.165) is 11.1 Å². The first-order valence-electron chi connectivity index (χ1n) is 6.30. The highest BCUT2D eigenvalue weighted by molar-refractivity contribution is 5.69. The van der Waals surface area contributed by atoms with E-state index in [0.29, 0.717) is 17.1 Å². The molecule has 0 saturated heterocycles. The number of hydrogen-bond donors (Lipinski definition) is 0. The molecule has 0 fully saturated rings. The Labute approximate surface area is 125 Å². The minimum Gasteiger partial charge on any atom is -0.493 e. The van der Waals surface area contributed by atoms with Crippen LogP contribution in [0, 0.1) is 11.3 Å². The van der Waals surface area contributed by atoms with E-state index in [9.17, 15) is 5.26 Å². The molecular formula is C17H18N2O2. The molecule has 0 bridgehead atoms. The van der Waals surface area contributed by atoms with Gasteiger partial charge in [-0.3, -0.25) is 4.99 Å². The fourth-order valence-corrected chi connectivity index (χ4v) is 1.75. The number of para-hydroxylation sites is 1. The Morgan fingerprint density at radius 2 is 2.10 bits per heavy atom. The van der Waals surface area contributed by atoms with E-state index in [1.54, 1.807) is 38.6 Å². The van der Waals surface area contributed by atoms with Crippen LogP contribution >= 0.6 is 0 Å². The molecule has 1 aromatic rings. The predicted molar refractivity (Wildman–Crippen MR) is 85.6 cm³/mol. The van der Waals surface area contributed by atoms with Crippen LogP contribution in [0.15, 0.2) is 52.7 Å². The first kappa shape index (κ1) is 16.3. The number of rotatable bonds is 6. The molecule has 1 rings (SSSR count). The van der Waals surface area contributed by atoms with E-state index in [1.807, 2.05) is 25.1 Å². The Morgan fingerprint density at radius 3 is 2.67 bits per heavy atom. The standard InChI is InChI=1S/C17H18N2O2/c1-13(7-6-10-19-2)15(12-18)11-14-8-5-9-16(20-3)17(14)21-4/h5-11H,2H2,1,3-4H3. The molecule has 0 spiro atoms. The summed E-state index contributed by atoms with van der Waals surface area (Å²) in [4.78, 5) is 3.61. The van der Waals surface area contributed by atoms with Crippen molar-refractivity contribution in [3.05, 3.63) is 53.3 Å². The summed E-state index contributed by atoms with van der Waals surface area (Å²) in [6.07, 6.45) is 6.86. The van der Waals surface area contributed by atoms with E-state index in [1.165, 1.54) is 0 Å². The van der Waals surface area contributed by atoms with E-state index in [2.05, 4.69) is 17.8 Å². The maximum atomic E-state index is 9.31. The number of benzene rings is 1. The fraction of sp³-hybridized carbons (Fsp3) is 0.176. The Kier molecular flexibility index (Phi) is 6.49. The zero-order valence-electron chi connectivity index (χ0n) is 12.5. The van der Waals surface area contributed by atoms with E-state index in [-0.39, 0.29) is 0 Å². The van der Waals surface area contributed by atoms with Gasteiger partial charge in [-0.2, -0.15) is 5.26 Å². The third kappa shape index (κ3) is 4.36. The lowest BCUT2D eigenvalue weighted by molar-refractivity contribution is 0.354. The Morgan fingerprint density at radius 1 is 1.33 bits per heavy atom. The summed E-state index contributed by atoms with van der Waals surface area (Å²) in [5.74, 6) is 1.23. The van der Waals surface area contributed by atoms with Gasteiger partial charge in [-0.1, -0.05) is 18.2 Å². The average Bonchev–Trinajstić information content (AvgIpc) is 2.52. The lowest BCUT2D eigenvalue weighted by Crippen LogP contribution is -1.93. The molecule has 0 radical (unpaired) electrons. The maximum Gasteiger partial charge on any atom is 0.167 e. The molecule has 0 aliphatic heterocycles. The highest BCUT2D eigenvalue weighted by atomic mass is 16.5. The zero-order chi connectivity index (χ0) is 15.7. The summed E-state index contributed by atoms with van der Waals surface area (Å²) in [6, 6.07) is 7.71. The lowest BCUT2D eigenvalue weighted by Gasteiger charge is -2.10. The van der Waals surface area contributed by atoms with Crippen molar-refractivity contribution >= 4 is 12.8 Å². The molecule has 108 valence electrons. The highest BCUT2D eigenvalue weighted by Gasteiger charge is 2.09. The van der Waals surface area contributed by atoms with Gasteiger partial charge in [0, 0.05) is 11.8 Å². The van der Waals surface area contributed by atoms with Crippen molar-refractivity contribution in [1.82, 2.24) is 0 Å². The third-order valence-electron chi connectivity index (χ3n) is 2.82. The Bertz CT molecular complexity index is 635. The molecule has 4 heteroatoms. The normalized spacial score (nSPS) is 12.1. The SMILES string of the molecule is C=NC=CC=C(C)C(C#N)=Cc1cccc(OC)c1OC. The number of nitrogens with zero attached hydrogens (tertiary/aromatic N) is 2. The van der Waals surface area contributed by atoms with Gasteiger partial charge < -0.3 is 9.47 Å². The molecule has 0 aromatic heterocycles. The van der Waals surface area contributed by atoms with Crippen LogP contribution in [-0.4, -0.2) is 20.9 Å². The molecule has 0 atom stereocenters. The molecule has 0 unspecified atom stereocenters. The topological polar surface area (TPSA) is 54.6 Å². The fourth-order valence-electron chi connectivity index (χ4n) is 1.75. The van der Waals surface area contributed by atoms with Crippen LogP contribution in [0.25, 0.3) is 6.08 Å². The van der Waals surface area contributed by atoms with Gasteiger partial charge in [0.1, 0.15) is 0 Å². The number of allylic oxidation sites excluding steroid dienone is 4. The van der Waals surface area contributed by atoms with Crippen molar-refractivity contribution in [2.75, 3.05) is 14.2 Å². The molecule has 0 saturated carbocycles.